The van der Waals surface area contributed by atoms with Crippen LogP contribution >= 0.6 is 11.6 Å². The third-order valence-corrected chi connectivity index (χ3v) is 6.19. The molecule has 0 spiro atoms. The molecule has 0 saturated heterocycles. The summed E-state index contributed by atoms with van der Waals surface area (Å²) in [6.07, 6.45) is 6.34. The average molecular weight is 428 g/mol. The highest BCUT2D eigenvalue weighted by atomic mass is 35.5. The molecule has 0 saturated carbocycles. The van der Waals surface area contributed by atoms with Gasteiger partial charge in [-0.3, -0.25) is 0 Å². The Kier molecular flexibility index (Phi) is 5.57. The third kappa shape index (κ3) is 4.61. The van der Waals surface area contributed by atoms with Crippen molar-refractivity contribution in [1.82, 2.24) is 24.3 Å². The van der Waals surface area contributed by atoms with Crippen molar-refractivity contribution in [3.63, 3.8) is 0 Å². The van der Waals surface area contributed by atoms with Crippen molar-refractivity contribution in [3.05, 3.63) is 77.8 Å². The van der Waals surface area contributed by atoms with Crippen molar-refractivity contribution < 1.29 is 8.42 Å². The standard InChI is InChI=1S/C20H18ClN5O2S/c21-18-7-3-16(4-8-18)17-5-9-19(10-6-17)29(27,28)25-11-1-2-15-12-22-20-23-14-24-26(20)13-15/h3-10,12-14,25H,1-2,11H2. The predicted octanol–water partition coefficient (Wildman–Crippen LogP) is 3.36. The Morgan fingerprint density at radius 1 is 0.966 bits per heavy atom. The highest BCUT2D eigenvalue weighted by Gasteiger charge is 2.13. The molecular formula is C20H18ClN5O2S. The van der Waals surface area contributed by atoms with Crippen LogP contribution in [-0.4, -0.2) is 34.5 Å². The van der Waals surface area contributed by atoms with Crippen LogP contribution in [0.5, 0.6) is 0 Å². The molecular weight excluding hydrogens is 410 g/mol. The number of hydrogen-bond donors (Lipinski definition) is 1. The Labute approximate surface area is 173 Å². The van der Waals surface area contributed by atoms with Crippen LogP contribution in [0, 0.1) is 0 Å². The van der Waals surface area contributed by atoms with Gasteiger partial charge in [0.05, 0.1) is 4.90 Å². The molecule has 148 valence electrons. The van der Waals surface area contributed by atoms with Crippen LogP contribution in [0.3, 0.4) is 0 Å². The van der Waals surface area contributed by atoms with Crippen LogP contribution in [0.4, 0.5) is 0 Å². The lowest BCUT2D eigenvalue weighted by Crippen LogP contribution is -2.25. The number of nitrogens with one attached hydrogen (secondary N) is 1. The van der Waals surface area contributed by atoms with Gasteiger partial charge in [0.15, 0.2) is 0 Å². The van der Waals surface area contributed by atoms with Crippen LogP contribution in [0.2, 0.25) is 5.02 Å². The first-order valence-corrected chi connectivity index (χ1v) is 10.9. The molecule has 9 heteroatoms. The smallest absolute Gasteiger partial charge is 0.219 e. The number of nitrogens with zero attached hydrogens (tertiary/aromatic N) is 4. The first-order valence-electron chi connectivity index (χ1n) is 9.01. The number of aromatic nitrogens is 4. The lowest BCUT2D eigenvalue weighted by Gasteiger charge is -2.08. The normalized spacial score (nSPS) is 11.8. The molecule has 0 unspecified atom stereocenters. The average Bonchev–Trinajstić information content (AvgIpc) is 3.20. The summed E-state index contributed by atoms with van der Waals surface area (Å²) in [6.45, 7) is 0.330. The molecule has 0 atom stereocenters. The highest BCUT2D eigenvalue weighted by molar-refractivity contribution is 7.89. The zero-order valence-corrected chi connectivity index (χ0v) is 16.9. The van der Waals surface area contributed by atoms with Crippen LogP contribution in [0.1, 0.15) is 12.0 Å². The van der Waals surface area contributed by atoms with Crippen LogP contribution in [0.25, 0.3) is 16.9 Å². The van der Waals surface area contributed by atoms with E-state index in [-0.39, 0.29) is 4.90 Å². The molecule has 7 nitrogen and oxygen atoms in total. The molecule has 0 fully saturated rings. The summed E-state index contributed by atoms with van der Waals surface area (Å²) in [4.78, 5) is 8.43. The van der Waals surface area contributed by atoms with Gasteiger partial charge in [0.1, 0.15) is 6.33 Å². The van der Waals surface area contributed by atoms with Gasteiger partial charge in [0.25, 0.3) is 5.78 Å². The largest absolute Gasteiger partial charge is 0.252 e. The summed E-state index contributed by atoms with van der Waals surface area (Å²) in [7, 11) is -3.56. The van der Waals surface area contributed by atoms with E-state index in [1.807, 2.05) is 18.3 Å². The minimum atomic E-state index is -3.56. The van der Waals surface area contributed by atoms with E-state index in [0.717, 1.165) is 16.7 Å². The molecule has 0 bridgehead atoms. The van der Waals surface area contributed by atoms with E-state index in [0.29, 0.717) is 30.2 Å². The van der Waals surface area contributed by atoms with Crippen LogP contribution in [0.15, 0.2) is 72.1 Å². The van der Waals surface area contributed by atoms with Gasteiger partial charge in [-0.1, -0.05) is 35.9 Å². The van der Waals surface area contributed by atoms with Crippen molar-refractivity contribution in [3.8, 4) is 11.1 Å². The second-order valence-corrected chi connectivity index (χ2v) is 8.70. The van der Waals surface area contributed by atoms with Gasteiger partial charge >= 0.3 is 0 Å². The summed E-state index contributed by atoms with van der Waals surface area (Å²) >= 11 is 5.91. The van der Waals surface area contributed by atoms with Crippen molar-refractivity contribution in [2.75, 3.05) is 6.54 Å². The van der Waals surface area contributed by atoms with Gasteiger partial charge in [0.2, 0.25) is 10.0 Å². The Balaban J connectivity index is 1.35. The molecule has 1 N–H and O–H groups in total. The summed E-state index contributed by atoms with van der Waals surface area (Å²) in [5, 5.41) is 4.71. The zero-order valence-electron chi connectivity index (χ0n) is 15.4. The van der Waals surface area contributed by atoms with E-state index in [1.54, 1.807) is 47.1 Å². The quantitative estimate of drug-likeness (QED) is 0.457. The molecule has 0 amide bonds. The Hall–Kier alpha value is -2.81. The maximum absolute atomic E-state index is 12.5. The van der Waals surface area contributed by atoms with E-state index in [4.69, 9.17) is 11.6 Å². The molecule has 0 aliphatic heterocycles. The number of hydrogen-bond acceptors (Lipinski definition) is 5. The SMILES string of the molecule is O=S(=O)(NCCCc1cnc2ncnn2c1)c1ccc(-c2ccc(Cl)cc2)cc1. The molecule has 4 aromatic rings. The lowest BCUT2D eigenvalue weighted by molar-refractivity contribution is 0.579. The molecule has 2 heterocycles. The Bertz CT molecular complexity index is 1220. The number of rotatable bonds is 7. The number of aryl methyl sites for hydroxylation is 1. The highest BCUT2D eigenvalue weighted by Crippen LogP contribution is 2.23. The zero-order chi connectivity index (χ0) is 20.3. The van der Waals surface area contributed by atoms with Crippen LogP contribution < -0.4 is 4.72 Å². The first kappa shape index (κ1) is 19.5. The molecule has 29 heavy (non-hydrogen) atoms. The summed E-state index contributed by atoms with van der Waals surface area (Å²) in [5.74, 6) is 0.538. The fraction of sp³-hybridized carbons (Fsp3) is 0.150. The monoisotopic (exact) mass is 427 g/mol. The Morgan fingerprint density at radius 2 is 1.66 bits per heavy atom. The van der Waals surface area contributed by atoms with Crippen molar-refractivity contribution in [1.29, 1.82) is 0 Å². The maximum Gasteiger partial charge on any atom is 0.252 e. The minimum absolute atomic E-state index is 0.237. The van der Waals surface area contributed by atoms with E-state index < -0.39 is 10.0 Å². The van der Waals surface area contributed by atoms with Gasteiger partial charge < -0.3 is 0 Å². The van der Waals surface area contributed by atoms with Crippen molar-refractivity contribution >= 4 is 27.4 Å². The van der Waals surface area contributed by atoms with Crippen molar-refractivity contribution in [2.45, 2.75) is 17.7 Å². The molecule has 0 aliphatic carbocycles. The number of sulfonamides is 1. The summed E-state index contributed by atoms with van der Waals surface area (Å²) < 4.78 is 29.3. The summed E-state index contributed by atoms with van der Waals surface area (Å²) in [5.41, 5.74) is 2.87. The van der Waals surface area contributed by atoms with E-state index >= 15 is 0 Å². The summed E-state index contributed by atoms with van der Waals surface area (Å²) in [6, 6.07) is 14.2. The van der Waals surface area contributed by atoms with E-state index in [1.165, 1.54) is 6.33 Å². The van der Waals surface area contributed by atoms with Gasteiger partial charge in [-0.25, -0.2) is 22.6 Å². The number of halogens is 1. The van der Waals surface area contributed by atoms with E-state index in [2.05, 4.69) is 19.8 Å². The van der Waals surface area contributed by atoms with Gasteiger partial charge in [-0.05, 0) is 53.8 Å². The third-order valence-electron chi connectivity index (χ3n) is 4.46. The molecule has 0 aliphatic rings. The first-order chi connectivity index (χ1) is 14.0. The van der Waals surface area contributed by atoms with Crippen LogP contribution in [-0.2, 0) is 16.4 Å². The maximum atomic E-state index is 12.5. The number of benzene rings is 2. The van der Waals surface area contributed by atoms with Gasteiger partial charge in [-0.2, -0.15) is 10.1 Å². The molecule has 2 aromatic carbocycles. The second-order valence-electron chi connectivity index (χ2n) is 6.50. The predicted molar refractivity (Wildman–Crippen MR) is 111 cm³/mol. The molecule has 0 radical (unpaired) electrons. The van der Waals surface area contributed by atoms with E-state index in [9.17, 15) is 8.42 Å². The van der Waals surface area contributed by atoms with Gasteiger partial charge in [0, 0.05) is 24.0 Å². The fourth-order valence-corrected chi connectivity index (χ4v) is 4.14. The Morgan fingerprint density at radius 3 is 2.38 bits per heavy atom. The second kappa shape index (κ2) is 8.28. The van der Waals surface area contributed by atoms with Crippen molar-refractivity contribution in [2.24, 2.45) is 0 Å². The minimum Gasteiger partial charge on any atom is -0.219 e. The van der Waals surface area contributed by atoms with Gasteiger partial charge in [-0.15, -0.1) is 0 Å². The molecule has 4 rings (SSSR count). The number of fused-ring (bicyclic) bond motifs is 1. The topological polar surface area (TPSA) is 89.2 Å². The molecule has 2 aromatic heterocycles. The lowest BCUT2D eigenvalue weighted by atomic mass is 10.1. The fourth-order valence-electron chi connectivity index (χ4n) is 2.94.